The fraction of sp³-hybridized carbons (Fsp3) is 0.667. The van der Waals surface area contributed by atoms with Crippen molar-refractivity contribution in [1.29, 1.82) is 0 Å². The first-order valence-electron chi connectivity index (χ1n) is 4.17. The molecule has 0 saturated carbocycles. The van der Waals surface area contributed by atoms with Crippen LogP contribution in [-0.4, -0.2) is 29.1 Å². The summed E-state index contributed by atoms with van der Waals surface area (Å²) in [7, 11) is 0. The summed E-state index contributed by atoms with van der Waals surface area (Å²) >= 11 is 0. The largest absolute Gasteiger partial charge is 0.478 e. The summed E-state index contributed by atoms with van der Waals surface area (Å²) in [6.07, 6.45) is 2.20. The molecule has 0 aromatic heterocycles. The third-order valence-corrected chi connectivity index (χ3v) is 1.78. The van der Waals surface area contributed by atoms with E-state index in [1.807, 2.05) is 6.92 Å². The monoisotopic (exact) mass is 186 g/mol. The lowest BCUT2D eigenvalue weighted by Crippen LogP contribution is -2.20. The molecule has 1 fully saturated rings. The third kappa shape index (κ3) is 2.82. The number of aliphatic carboxylic acids is 1. The highest BCUT2D eigenvalue weighted by Crippen LogP contribution is 2.28. The van der Waals surface area contributed by atoms with Crippen molar-refractivity contribution in [3.8, 4) is 0 Å². The number of rotatable bonds is 2. The Kier molecular flexibility index (Phi) is 2.73. The Labute approximate surface area is 77.1 Å². The van der Waals surface area contributed by atoms with E-state index in [-0.39, 0.29) is 12.2 Å². The highest BCUT2D eigenvalue weighted by Gasteiger charge is 2.37. The zero-order valence-corrected chi connectivity index (χ0v) is 7.98. The Morgan fingerprint density at radius 2 is 2.08 bits per heavy atom. The zero-order chi connectivity index (χ0) is 10.1. The van der Waals surface area contributed by atoms with E-state index in [1.165, 1.54) is 6.08 Å². The first-order valence-corrected chi connectivity index (χ1v) is 4.17. The van der Waals surface area contributed by atoms with Gasteiger partial charge in [0.15, 0.2) is 5.79 Å². The maximum Gasteiger partial charge on any atom is 0.328 e. The van der Waals surface area contributed by atoms with E-state index in [9.17, 15) is 4.79 Å². The van der Waals surface area contributed by atoms with Crippen LogP contribution >= 0.6 is 0 Å². The van der Waals surface area contributed by atoms with Crippen molar-refractivity contribution < 1.29 is 19.4 Å². The van der Waals surface area contributed by atoms with Crippen molar-refractivity contribution in [2.75, 3.05) is 0 Å². The van der Waals surface area contributed by atoms with Crippen molar-refractivity contribution in [2.24, 2.45) is 0 Å². The molecule has 4 heteroatoms. The molecule has 13 heavy (non-hydrogen) atoms. The summed E-state index contributed by atoms with van der Waals surface area (Å²) in [5, 5.41) is 8.41. The predicted octanol–water partition coefficient (Wildman–Crippen LogP) is 1.17. The minimum atomic E-state index is -0.972. The maximum atomic E-state index is 10.2. The van der Waals surface area contributed by atoms with Gasteiger partial charge < -0.3 is 14.6 Å². The van der Waals surface area contributed by atoms with Gasteiger partial charge in [0, 0.05) is 6.08 Å². The Bertz CT molecular complexity index is 232. The van der Waals surface area contributed by atoms with Crippen LogP contribution in [0.2, 0.25) is 0 Å². The van der Waals surface area contributed by atoms with Crippen molar-refractivity contribution in [3.05, 3.63) is 12.2 Å². The van der Waals surface area contributed by atoms with Gasteiger partial charge in [-0.25, -0.2) is 4.79 Å². The van der Waals surface area contributed by atoms with Crippen molar-refractivity contribution in [1.82, 2.24) is 0 Å². The zero-order valence-electron chi connectivity index (χ0n) is 7.98. The van der Waals surface area contributed by atoms with E-state index < -0.39 is 11.8 Å². The van der Waals surface area contributed by atoms with E-state index in [0.717, 1.165) is 6.08 Å². The molecule has 0 radical (unpaired) electrons. The Hall–Kier alpha value is -0.870. The Morgan fingerprint density at radius 3 is 2.46 bits per heavy atom. The van der Waals surface area contributed by atoms with Crippen LogP contribution in [0.4, 0.5) is 0 Å². The molecule has 2 atom stereocenters. The number of ether oxygens (including phenoxy) is 2. The van der Waals surface area contributed by atoms with E-state index in [1.54, 1.807) is 13.8 Å². The number of hydrogen-bond acceptors (Lipinski definition) is 3. The molecule has 1 aliphatic rings. The van der Waals surface area contributed by atoms with Gasteiger partial charge in [-0.2, -0.15) is 0 Å². The lowest BCUT2D eigenvalue weighted by Gasteiger charge is -2.15. The molecule has 1 N–H and O–H groups in total. The fourth-order valence-corrected chi connectivity index (χ4v) is 1.34. The molecule has 0 amide bonds. The average molecular weight is 186 g/mol. The second-order valence-electron chi connectivity index (χ2n) is 3.50. The van der Waals surface area contributed by atoms with Gasteiger partial charge in [0.05, 0.1) is 6.10 Å². The highest BCUT2D eigenvalue weighted by atomic mass is 16.7. The van der Waals surface area contributed by atoms with Gasteiger partial charge in [0.25, 0.3) is 0 Å². The van der Waals surface area contributed by atoms with Crippen LogP contribution in [0, 0.1) is 0 Å². The Balaban J connectivity index is 2.58. The predicted molar refractivity (Wildman–Crippen MR) is 46.3 cm³/mol. The van der Waals surface area contributed by atoms with Crippen molar-refractivity contribution in [2.45, 2.75) is 38.8 Å². The fourth-order valence-electron chi connectivity index (χ4n) is 1.34. The van der Waals surface area contributed by atoms with Gasteiger partial charge in [0.2, 0.25) is 0 Å². The van der Waals surface area contributed by atoms with Crippen LogP contribution in [0.1, 0.15) is 20.8 Å². The molecule has 0 aromatic carbocycles. The molecular formula is C9H14O4. The van der Waals surface area contributed by atoms with Gasteiger partial charge in [-0.1, -0.05) is 0 Å². The van der Waals surface area contributed by atoms with E-state index >= 15 is 0 Å². The van der Waals surface area contributed by atoms with Gasteiger partial charge in [-0.05, 0) is 26.8 Å². The quantitative estimate of drug-likeness (QED) is 0.657. The molecule has 1 rings (SSSR count). The number of carboxylic acid groups (broad SMARTS) is 1. The minimum Gasteiger partial charge on any atom is -0.478 e. The number of hydrogen-bond donors (Lipinski definition) is 1. The van der Waals surface area contributed by atoms with Crippen molar-refractivity contribution in [3.63, 3.8) is 0 Å². The highest BCUT2D eigenvalue weighted by molar-refractivity contribution is 5.79. The molecule has 74 valence electrons. The van der Waals surface area contributed by atoms with Crippen LogP contribution < -0.4 is 0 Å². The first-order chi connectivity index (χ1) is 5.91. The molecular weight excluding hydrogens is 172 g/mol. The second kappa shape index (κ2) is 3.47. The molecule has 1 aliphatic heterocycles. The number of carbonyl (C=O) groups is 1. The summed E-state index contributed by atoms with van der Waals surface area (Å²) in [5.74, 6) is -1.59. The molecule has 1 saturated heterocycles. The molecule has 0 unspecified atom stereocenters. The Morgan fingerprint density at radius 1 is 1.46 bits per heavy atom. The molecule has 0 aliphatic carbocycles. The van der Waals surface area contributed by atoms with Gasteiger partial charge in [-0.15, -0.1) is 0 Å². The molecule has 1 heterocycles. The SMILES string of the molecule is C[C@H]1OC(C)(C)O[C@H]1/C=C\C(=O)O. The summed E-state index contributed by atoms with van der Waals surface area (Å²) in [5.41, 5.74) is 0. The lowest BCUT2D eigenvalue weighted by atomic mass is 10.2. The van der Waals surface area contributed by atoms with Crippen LogP contribution in [0.25, 0.3) is 0 Å². The molecule has 0 spiro atoms. The van der Waals surface area contributed by atoms with Gasteiger partial charge in [0.1, 0.15) is 6.10 Å². The summed E-state index contributed by atoms with van der Waals surface area (Å²) in [6.45, 7) is 5.46. The molecule has 0 aromatic rings. The topological polar surface area (TPSA) is 55.8 Å². The van der Waals surface area contributed by atoms with E-state index in [2.05, 4.69) is 0 Å². The van der Waals surface area contributed by atoms with Crippen LogP contribution in [-0.2, 0) is 14.3 Å². The molecule has 0 bridgehead atoms. The van der Waals surface area contributed by atoms with Crippen LogP contribution in [0.5, 0.6) is 0 Å². The van der Waals surface area contributed by atoms with Crippen LogP contribution in [0.15, 0.2) is 12.2 Å². The van der Waals surface area contributed by atoms with E-state index in [0.29, 0.717) is 0 Å². The summed E-state index contributed by atoms with van der Waals surface area (Å²) < 4.78 is 10.9. The average Bonchev–Trinajstić information content (AvgIpc) is 2.20. The summed E-state index contributed by atoms with van der Waals surface area (Å²) in [6, 6.07) is 0. The van der Waals surface area contributed by atoms with E-state index in [4.69, 9.17) is 14.6 Å². The van der Waals surface area contributed by atoms with Crippen LogP contribution in [0.3, 0.4) is 0 Å². The number of carboxylic acids is 1. The third-order valence-electron chi connectivity index (χ3n) is 1.78. The lowest BCUT2D eigenvalue weighted by molar-refractivity contribution is -0.141. The van der Waals surface area contributed by atoms with Gasteiger partial charge >= 0.3 is 5.97 Å². The summed E-state index contributed by atoms with van der Waals surface area (Å²) in [4.78, 5) is 10.2. The normalized spacial score (nSPS) is 32.5. The van der Waals surface area contributed by atoms with Gasteiger partial charge in [-0.3, -0.25) is 0 Å². The second-order valence-corrected chi connectivity index (χ2v) is 3.50. The standard InChI is InChI=1S/C9H14O4/c1-6-7(4-5-8(10)11)13-9(2,3)12-6/h4-7H,1-3H3,(H,10,11)/b5-4-/t6-,7+/m1/s1. The first kappa shape index (κ1) is 10.2. The smallest absolute Gasteiger partial charge is 0.328 e. The van der Waals surface area contributed by atoms with Crippen molar-refractivity contribution >= 4 is 5.97 Å². The maximum absolute atomic E-state index is 10.2. The molecule has 4 nitrogen and oxygen atoms in total. The minimum absolute atomic E-state index is 0.106.